The Bertz CT molecular complexity index is 2080. The number of carbonyl (C=O) groups is 2. The van der Waals surface area contributed by atoms with Crippen molar-refractivity contribution < 1.29 is 33.0 Å². The fourth-order valence-electron chi connectivity index (χ4n) is 7.25. The van der Waals surface area contributed by atoms with E-state index in [1.165, 1.54) is 28.8 Å². The van der Waals surface area contributed by atoms with Gasteiger partial charge in [0.2, 0.25) is 5.88 Å². The lowest BCUT2D eigenvalue weighted by Gasteiger charge is -2.47. The summed E-state index contributed by atoms with van der Waals surface area (Å²) in [6, 6.07) is 4.86. The van der Waals surface area contributed by atoms with Gasteiger partial charge in [0, 0.05) is 28.4 Å². The summed E-state index contributed by atoms with van der Waals surface area (Å²) in [7, 11) is 0. The summed E-state index contributed by atoms with van der Waals surface area (Å²) in [5.41, 5.74) is -1.04. The average Bonchev–Trinajstić information content (AvgIpc) is 3.29. The molecule has 0 spiro atoms. The Morgan fingerprint density at radius 1 is 1.17 bits per heavy atom. The van der Waals surface area contributed by atoms with Gasteiger partial charge in [0.1, 0.15) is 34.1 Å². The van der Waals surface area contributed by atoms with Crippen LogP contribution in [0.15, 0.2) is 29.4 Å². The third kappa shape index (κ3) is 4.99. The van der Waals surface area contributed by atoms with Crippen LogP contribution in [0.1, 0.15) is 46.1 Å². The number of hydrogen-bond donors (Lipinski definition) is 2. The monoisotopic (exact) mass is 674 g/mol. The van der Waals surface area contributed by atoms with E-state index in [0.29, 0.717) is 30.4 Å². The van der Waals surface area contributed by atoms with Gasteiger partial charge >= 0.3 is 12.2 Å². The number of thioether (sulfide) groups is 1. The lowest BCUT2D eigenvalue weighted by atomic mass is 9.95. The molecule has 2 amide bonds. The molecule has 248 valence electrons. The fraction of sp³-hybridized carbons (Fsp3) is 0.382. The first kappa shape index (κ1) is 31.7. The van der Waals surface area contributed by atoms with Gasteiger partial charge in [-0.1, -0.05) is 29.8 Å². The van der Waals surface area contributed by atoms with E-state index < -0.39 is 41.6 Å². The van der Waals surface area contributed by atoms with Gasteiger partial charge in [0.25, 0.3) is 0 Å². The maximum atomic E-state index is 17.1. The highest BCUT2D eigenvalue weighted by molar-refractivity contribution is 7.98. The Morgan fingerprint density at radius 2 is 1.94 bits per heavy atom. The van der Waals surface area contributed by atoms with Gasteiger partial charge < -0.3 is 19.5 Å². The highest BCUT2D eigenvalue weighted by atomic mass is 32.2. The number of hydrogen-bond acceptors (Lipinski definition) is 9. The van der Waals surface area contributed by atoms with E-state index in [1.807, 2.05) is 11.8 Å². The number of benzene rings is 2. The van der Waals surface area contributed by atoms with Crippen molar-refractivity contribution in [3.63, 3.8) is 0 Å². The van der Waals surface area contributed by atoms with Gasteiger partial charge in [0.05, 0.1) is 23.8 Å². The van der Waals surface area contributed by atoms with Crippen molar-refractivity contribution in [1.29, 1.82) is 0 Å². The van der Waals surface area contributed by atoms with Crippen molar-refractivity contribution in [2.75, 3.05) is 23.0 Å². The molecule has 2 saturated heterocycles. The van der Waals surface area contributed by atoms with Crippen molar-refractivity contribution in [3.8, 4) is 29.5 Å². The SMILES string of the molecule is C#Cc1cccc2c(F)c(NC(=O)OC(C)(C)C)cc(-c3nc4c5c(nc(SC)nc5c3F)N3CC5CCC(C3C(C)O4)N5C(=O)O)c12. The Balaban J connectivity index is 1.48. The van der Waals surface area contributed by atoms with E-state index in [2.05, 4.69) is 16.2 Å². The normalized spacial score (nSPS) is 21.4. The van der Waals surface area contributed by atoms with Crippen LogP contribution in [0, 0.1) is 24.0 Å². The number of rotatable bonds is 3. The number of terminal acetylenes is 1. The Labute approximate surface area is 279 Å². The maximum absolute atomic E-state index is 17.1. The molecule has 4 unspecified atom stereocenters. The van der Waals surface area contributed by atoms with Crippen LogP contribution in [0.2, 0.25) is 0 Å². The van der Waals surface area contributed by atoms with Gasteiger partial charge in [-0.05, 0) is 58.9 Å². The van der Waals surface area contributed by atoms with E-state index in [-0.39, 0.29) is 62.1 Å². The minimum Gasteiger partial charge on any atom is -0.472 e. The second kappa shape index (κ2) is 11.4. The molecule has 2 aromatic carbocycles. The Hall–Kier alpha value is -4.90. The first-order valence-electron chi connectivity index (χ1n) is 15.4. The number of fused-ring (bicyclic) bond motifs is 6. The summed E-state index contributed by atoms with van der Waals surface area (Å²) in [4.78, 5) is 42.6. The molecular weight excluding hydrogens is 642 g/mol. The highest BCUT2D eigenvalue weighted by Gasteiger charge is 2.53. The number of carboxylic acid groups (broad SMARTS) is 1. The number of halogens is 2. The zero-order valence-electron chi connectivity index (χ0n) is 26.8. The van der Waals surface area contributed by atoms with E-state index in [9.17, 15) is 14.7 Å². The van der Waals surface area contributed by atoms with Crippen molar-refractivity contribution in [3.05, 3.63) is 41.5 Å². The van der Waals surface area contributed by atoms with Crippen molar-refractivity contribution in [2.24, 2.45) is 0 Å². The molecule has 2 aromatic heterocycles. The van der Waals surface area contributed by atoms with Gasteiger partial charge in [0.15, 0.2) is 16.8 Å². The molecule has 14 heteroatoms. The van der Waals surface area contributed by atoms with Crippen LogP contribution in [-0.4, -0.2) is 79.8 Å². The lowest BCUT2D eigenvalue weighted by molar-refractivity contribution is 0.0634. The predicted octanol–water partition coefficient (Wildman–Crippen LogP) is 6.65. The number of amides is 2. The topological polar surface area (TPSA) is 130 Å². The summed E-state index contributed by atoms with van der Waals surface area (Å²) in [6.45, 7) is 7.19. The Kier molecular flexibility index (Phi) is 7.50. The lowest BCUT2D eigenvalue weighted by Crippen LogP contribution is -2.64. The van der Waals surface area contributed by atoms with Crippen molar-refractivity contribution in [2.45, 2.75) is 75.5 Å². The van der Waals surface area contributed by atoms with Crippen LogP contribution in [0.3, 0.4) is 0 Å². The van der Waals surface area contributed by atoms with Crippen LogP contribution in [0.25, 0.3) is 32.9 Å². The molecule has 11 nitrogen and oxygen atoms in total. The van der Waals surface area contributed by atoms with Gasteiger partial charge in [-0.2, -0.15) is 0 Å². The van der Waals surface area contributed by atoms with Gasteiger partial charge in [-0.15, -0.1) is 6.42 Å². The van der Waals surface area contributed by atoms with E-state index in [0.717, 1.165) is 0 Å². The Morgan fingerprint density at radius 3 is 2.62 bits per heavy atom. The first-order valence-corrected chi connectivity index (χ1v) is 16.7. The molecule has 48 heavy (non-hydrogen) atoms. The molecular formula is C34H32F2N6O5S. The molecule has 2 N–H and O–H groups in total. The number of ether oxygens (including phenoxy) is 2. The number of pyridine rings is 1. The van der Waals surface area contributed by atoms with Crippen LogP contribution < -0.4 is 15.0 Å². The summed E-state index contributed by atoms with van der Waals surface area (Å²) >= 11 is 1.23. The van der Waals surface area contributed by atoms with Crippen molar-refractivity contribution >= 4 is 57.1 Å². The van der Waals surface area contributed by atoms with Crippen LogP contribution in [0.4, 0.5) is 29.9 Å². The van der Waals surface area contributed by atoms with E-state index in [4.69, 9.17) is 25.9 Å². The fourth-order valence-corrected chi connectivity index (χ4v) is 7.61. The molecule has 5 heterocycles. The molecule has 7 rings (SSSR count). The minimum atomic E-state index is -0.997. The van der Waals surface area contributed by atoms with Crippen LogP contribution >= 0.6 is 11.8 Å². The summed E-state index contributed by atoms with van der Waals surface area (Å²) in [5.74, 6) is 1.40. The highest BCUT2D eigenvalue weighted by Crippen LogP contribution is 2.47. The van der Waals surface area contributed by atoms with Gasteiger partial charge in [-0.25, -0.2) is 33.3 Å². The number of aromatic nitrogens is 3. The predicted molar refractivity (Wildman–Crippen MR) is 178 cm³/mol. The zero-order valence-corrected chi connectivity index (χ0v) is 27.6. The first-order chi connectivity index (χ1) is 22.8. The molecule has 3 aliphatic rings. The standard InChI is InChI=1S/C34H32F2N6O5S/c1-7-16-9-8-10-18-22(16)19(13-20(24(18)35)37-32(43)47-34(3,4)5)26-25(36)27-23-29(40-31(39-27)48-6)41-14-17-11-12-21(42(17)33(44)45)28(41)15(2)46-30(23)38-26/h1,8-10,13,15,17,21,28H,11-12,14H2,2-6H3,(H,37,43)(H,44,45). The van der Waals surface area contributed by atoms with E-state index >= 15 is 8.78 Å². The molecule has 4 aromatic rings. The number of carbonyl (C=O) groups excluding carboxylic acids is 1. The molecule has 0 saturated carbocycles. The zero-order chi connectivity index (χ0) is 34.2. The minimum absolute atomic E-state index is 0.0329. The average molecular weight is 675 g/mol. The summed E-state index contributed by atoms with van der Waals surface area (Å²) in [5, 5.41) is 13.3. The van der Waals surface area contributed by atoms with Gasteiger partial charge in [-0.3, -0.25) is 10.2 Å². The maximum Gasteiger partial charge on any atom is 0.412 e. The van der Waals surface area contributed by atoms with E-state index in [1.54, 1.807) is 39.2 Å². The van der Waals surface area contributed by atoms with Crippen LogP contribution in [-0.2, 0) is 4.74 Å². The molecule has 2 fully saturated rings. The molecule has 3 aliphatic heterocycles. The number of anilines is 2. The molecule has 4 atom stereocenters. The number of piperazine rings is 1. The summed E-state index contributed by atoms with van der Waals surface area (Å²) < 4.78 is 44.9. The third-order valence-electron chi connectivity index (χ3n) is 9.02. The molecule has 2 bridgehead atoms. The number of nitrogens with one attached hydrogen (secondary N) is 1. The second-order valence-corrected chi connectivity index (χ2v) is 13.8. The summed E-state index contributed by atoms with van der Waals surface area (Å²) in [6.07, 6.45) is 6.46. The van der Waals surface area contributed by atoms with Crippen molar-refractivity contribution in [1.82, 2.24) is 19.9 Å². The second-order valence-electron chi connectivity index (χ2n) is 13.1. The number of nitrogens with zero attached hydrogens (tertiary/aromatic N) is 5. The largest absolute Gasteiger partial charge is 0.472 e. The third-order valence-corrected chi connectivity index (χ3v) is 9.56. The molecule has 0 aliphatic carbocycles. The smallest absolute Gasteiger partial charge is 0.412 e. The van der Waals surface area contributed by atoms with Crippen LogP contribution in [0.5, 0.6) is 5.88 Å². The molecule has 0 radical (unpaired) electrons. The quantitative estimate of drug-likeness (QED) is 0.138.